The summed E-state index contributed by atoms with van der Waals surface area (Å²) in [7, 11) is -0.523. The molecule has 0 spiro atoms. The molecule has 0 saturated carbocycles. The summed E-state index contributed by atoms with van der Waals surface area (Å²) in [6.07, 6.45) is 9.13. The molecule has 1 aromatic carbocycles. The number of rotatable bonds is 0. The van der Waals surface area contributed by atoms with Crippen molar-refractivity contribution in [2.75, 3.05) is 0 Å². The number of hydrogen-bond acceptors (Lipinski definition) is 0. The fraction of sp³-hybridized carbons (Fsp3) is 0. The molecular weight excluding hydrogens is 152 g/mol. The van der Waals surface area contributed by atoms with E-state index < -0.39 is 10.9 Å². The van der Waals surface area contributed by atoms with Crippen LogP contribution >= 0.6 is 10.9 Å². The predicted molar refractivity (Wildman–Crippen MR) is 49.9 cm³/mol. The molecule has 1 unspecified atom stereocenters. The van der Waals surface area contributed by atoms with Crippen LogP contribution in [-0.4, -0.2) is 0 Å². The molecule has 0 amide bonds. The van der Waals surface area contributed by atoms with Gasteiger partial charge in [-0.1, -0.05) is 18.2 Å². The average molecular weight is 159 g/mol. The summed E-state index contributed by atoms with van der Waals surface area (Å²) in [5.41, 5.74) is 1.25. The highest BCUT2D eigenvalue weighted by Gasteiger charge is 2.09. The van der Waals surface area contributed by atoms with Crippen molar-refractivity contribution in [3.8, 4) is 5.25 Å². The Hall–Kier alpha value is -1.13. The van der Waals surface area contributed by atoms with Gasteiger partial charge in [-0.2, -0.15) is 0 Å². The van der Waals surface area contributed by atoms with Gasteiger partial charge in [-0.05, 0) is 34.8 Å². The third-order valence-corrected chi connectivity index (χ3v) is 3.33. The smallest absolute Gasteiger partial charge is 0.00882 e. The molecule has 0 aromatic heterocycles. The van der Waals surface area contributed by atoms with Crippen LogP contribution in [0.15, 0.2) is 34.6 Å². The van der Waals surface area contributed by atoms with E-state index in [4.69, 9.17) is 6.42 Å². The van der Waals surface area contributed by atoms with Crippen LogP contribution in [0.2, 0.25) is 0 Å². The first-order chi connectivity index (χ1) is 5.42. The van der Waals surface area contributed by atoms with Gasteiger partial charge in [0.05, 0.1) is 0 Å². The summed E-state index contributed by atoms with van der Waals surface area (Å²) in [6.45, 7) is 0. The van der Waals surface area contributed by atoms with Crippen LogP contribution in [0.1, 0.15) is 5.56 Å². The minimum absolute atomic E-state index is 0.523. The zero-order valence-electron chi connectivity index (χ0n) is 5.91. The maximum absolute atomic E-state index is 7.06. The highest BCUT2D eigenvalue weighted by Crippen LogP contribution is 2.44. The van der Waals surface area contributed by atoms with Crippen molar-refractivity contribution in [2.24, 2.45) is 0 Å². The second-order valence-electron chi connectivity index (χ2n) is 2.36. The summed E-state index contributed by atoms with van der Waals surface area (Å²) in [5.74, 6) is 0. The second kappa shape index (κ2) is 2.48. The lowest BCUT2D eigenvalue weighted by atomic mass is 10.2. The highest BCUT2D eigenvalue weighted by atomic mass is 32.2. The second-order valence-corrected chi connectivity index (χ2v) is 4.10. The molecule has 0 bridgehead atoms. The first-order valence-corrected chi connectivity index (χ1v) is 4.82. The number of benzene rings is 1. The lowest BCUT2D eigenvalue weighted by Gasteiger charge is -2.04. The van der Waals surface area contributed by atoms with E-state index in [0.717, 1.165) is 0 Å². The Balaban J connectivity index is 2.56. The molecule has 0 aliphatic carbocycles. The maximum atomic E-state index is 7.06. The Morgan fingerprint density at radius 1 is 1.27 bits per heavy atom. The van der Waals surface area contributed by atoms with Gasteiger partial charge in [0.25, 0.3) is 0 Å². The van der Waals surface area contributed by atoms with Crippen molar-refractivity contribution in [2.45, 2.75) is 4.90 Å². The van der Waals surface area contributed by atoms with Crippen LogP contribution in [0.4, 0.5) is 0 Å². The fourth-order valence-corrected chi connectivity index (χ4v) is 2.52. The van der Waals surface area contributed by atoms with Crippen LogP contribution in [-0.2, 0) is 0 Å². The molecule has 1 aliphatic rings. The quantitative estimate of drug-likeness (QED) is 0.436. The SMILES string of the molecule is [C]#C[SH]1C=Cc2ccccc21. The van der Waals surface area contributed by atoms with E-state index in [2.05, 4.69) is 28.9 Å². The monoisotopic (exact) mass is 159 g/mol. The normalized spacial score (nSPS) is 22.6. The third kappa shape index (κ3) is 0.961. The van der Waals surface area contributed by atoms with Gasteiger partial charge in [-0.25, -0.2) is 0 Å². The molecule has 1 heteroatoms. The van der Waals surface area contributed by atoms with Gasteiger partial charge in [0.1, 0.15) is 0 Å². The Labute approximate surface area is 69.3 Å². The van der Waals surface area contributed by atoms with E-state index in [1.807, 2.05) is 12.1 Å². The number of thiol groups is 1. The van der Waals surface area contributed by atoms with E-state index in [9.17, 15) is 0 Å². The van der Waals surface area contributed by atoms with Crippen molar-refractivity contribution < 1.29 is 0 Å². The van der Waals surface area contributed by atoms with Crippen LogP contribution in [0.25, 0.3) is 6.08 Å². The summed E-state index contributed by atoms with van der Waals surface area (Å²) in [6, 6.07) is 8.18. The zero-order chi connectivity index (χ0) is 7.68. The van der Waals surface area contributed by atoms with Crippen LogP contribution in [0.5, 0.6) is 0 Å². The van der Waals surface area contributed by atoms with Crippen molar-refractivity contribution >= 4 is 17.0 Å². The summed E-state index contributed by atoms with van der Waals surface area (Å²) < 4.78 is 0. The van der Waals surface area contributed by atoms with Crippen molar-refractivity contribution in [3.05, 3.63) is 41.7 Å². The summed E-state index contributed by atoms with van der Waals surface area (Å²) in [4.78, 5) is 1.26. The predicted octanol–water partition coefficient (Wildman–Crippen LogP) is 2.58. The van der Waals surface area contributed by atoms with Gasteiger partial charge in [-0.3, -0.25) is 0 Å². The first-order valence-electron chi connectivity index (χ1n) is 3.40. The molecule has 1 heterocycles. The Kier molecular flexibility index (Phi) is 1.48. The molecule has 1 atom stereocenters. The van der Waals surface area contributed by atoms with Crippen LogP contribution in [0, 0.1) is 11.7 Å². The standard InChI is InChI=1S/C10H7S/c1-2-11-8-7-9-5-3-4-6-10(9)11/h3-8,11H. The van der Waals surface area contributed by atoms with Gasteiger partial charge >= 0.3 is 0 Å². The van der Waals surface area contributed by atoms with Crippen molar-refractivity contribution in [1.29, 1.82) is 0 Å². The number of hydrogen-bond donors (Lipinski definition) is 1. The van der Waals surface area contributed by atoms with Crippen molar-refractivity contribution in [3.63, 3.8) is 0 Å². The molecule has 1 aliphatic heterocycles. The molecule has 53 valence electrons. The lowest BCUT2D eigenvalue weighted by Crippen LogP contribution is -1.74. The van der Waals surface area contributed by atoms with E-state index in [1.54, 1.807) is 0 Å². The molecule has 0 N–H and O–H groups in total. The minimum atomic E-state index is -0.523. The fourth-order valence-electron chi connectivity index (χ4n) is 1.18. The first kappa shape index (κ1) is 6.57. The summed E-state index contributed by atoms with van der Waals surface area (Å²) >= 11 is 0. The van der Waals surface area contributed by atoms with E-state index >= 15 is 0 Å². The highest BCUT2D eigenvalue weighted by molar-refractivity contribution is 8.24. The molecule has 0 fully saturated rings. The van der Waals surface area contributed by atoms with E-state index in [-0.39, 0.29) is 0 Å². The van der Waals surface area contributed by atoms with E-state index in [1.165, 1.54) is 10.5 Å². The average Bonchev–Trinajstić information content (AvgIpc) is 2.47. The number of fused-ring (bicyclic) bond motifs is 1. The van der Waals surface area contributed by atoms with E-state index in [0.29, 0.717) is 0 Å². The van der Waals surface area contributed by atoms with Gasteiger partial charge in [0.2, 0.25) is 0 Å². The minimum Gasteiger partial charge on any atom is -0.140 e. The maximum Gasteiger partial charge on any atom is 0.00882 e. The van der Waals surface area contributed by atoms with Crippen LogP contribution in [0.3, 0.4) is 0 Å². The molecule has 11 heavy (non-hydrogen) atoms. The third-order valence-electron chi connectivity index (χ3n) is 1.72. The van der Waals surface area contributed by atoms with Gasteiger partial charge in [0.15, 0.2) is 0 Å². The van der Waals surface area contributed by atoms with Gasteiger partial charge in [0, 0.05) is 4.90 Å². The van der Waals surface area contributed by atoms with Crippen LogP contribution < -0.4 is 0 Å². The molecule has 2 rings (SSSR count). The molecule has 1 aromatic rings. The Morgan fingerprint density at radius 3 is 2.91 bits per heavy atom. The molecule has 0 saturated heterocycles. The molecular formula is C10H7S. The topological polar surface area (TPSA) is 0 Å². The summed E-state index contributed by atoms with van der Waals surface area (Å²) in [5, 5.41) is 4.61. The largest absolute Gasteiger partial charge is 0.140 e. The van der Waals surface area contributed by atoms with Crippen molar-refractivity contribution in [1.82, 2.24) is 0 Å². The molecule has 0 nitrogen and oxygen atoms in total. The molecule has 1 radical (unpaired) electrons. The lowest BCUT2D eigenvalue weighted by molar-refractivity contribution is 1.44. The zero-order valence-corrected chi connectivity index (χ0v) is 6.81. The Morgan fingerprint density at radius 2 is 2.09 bits per heavy atom. The Bertz CT molecular complexity index is 344. The van der Waals surface area contributed by atoms with Gasteiger partial charge in [-0.15, -0.1) is 10.9 Å². The van der Waals surface area contributed by atoms with Gasteiger partial charge < -0.3 is 0 Å².